The summed E-state index contributed by atoms with van der Waals surface area (Å²) >= 11 is 0. The molecule has 2 heteroatoms. The van der Waals surface area contributed by atoms with Crippen LogP contribution in [0, 0.1) is 0 Å². The molecule has 0 radical (unpaired) electrons. The number of nitrogens with one attached hydrogen (secondary N) is 1. The van der Waals surface area contributed by atoms with Gasteiger partial charge in [-0.3, -0.25) is 4.90 Å². The van der Waals surface area contributed by atoms with Gasteiger partial charge in [-0.15, -0.1) is 0 Å². The summed E-state index contributed by atoms with van der Waals surface area (Å²) in [7, 11) is 1.97. The predicted molar refractivity (Wildman–Crippen MR) is 60.6 cm³/mol. The van der Waals surface area contributed by atoms with Crippen LogP contribution in [0.5, 0.6) is 0 Å². The first-order valence-electron chi connectivity index (χ1n) is 5.35. The van der Waals surface area contributed by atoms with E-state index in [1.54, 1.807) is 0 Å². The second kappa shape index (κ2) is 4.01. The third kappa shape index (κ3) is 1.75. The molecule has 2 nitrogen and oxygen atoms in total. The molecule has 1 aliphatic rings. The Kier molecular flexibility index (Phi) is 2.73. The maximum atomic E-state index is 3.19. The number of rotatable bonds is 2. The van der Waals surface area contributed by atoms with Gasteiger partial charge in [0.2, 0.25) is 0 Å². The van der Waals surface area contributed by atoms with Crippen molar-refractivity contribution in [1.29, 1.82) is 0 Å². The van der Waals surface area contributed by atoms with E-state index in [0.717, 1.165) is 13.1 Å². The Labute approximate surface area is 85.9 Å². The Balaban J connectivity index is 2.25. The lowest BCUT2D eigenvalue weighted by atomic mass is 9.99. The summed E-state index contributed by atoms with van der Waals surface area (Å²) in [4.78, 5) is 2.49. The Morgan fingerprint density at radius 2 is 2.21 bits per heavy atom. The molecular weight excluding hydrogens is 172 g/mol. The van der Waals surface area contributed by atoms with Crippen LogP contribution in [0.4, 0.5) is 5.69 Å². The fraction of sp³-hybridized carbons (Fsp3) is 0.500. The molecule has 14 heavy (non-hydrogen) atoms. The SMILES string of the molecule is CCN1CCc2ccc(NC)cc2C1. The van der Waals surface area contributed by atoms with Crippen LogP contribution < -0.4 is 5.32 Å². The molecule has 1 heterocycles. The lowest BCUT2D eigenvalue weighted by Gasteiger charge is -2.27. The van der Waals surface area contributed by atoms with Crippen LogP contribution in [0.2, 0.25) is 0 Å². The summed E-state index contributed by atoms with van der Waals surface area (Å²) in [6.07, 6.45) is 1.20. The molecule has 0 unspecified atom stereocenters. The Morgan fingerprint density at radius 1 is 1.36 bits per heavy atom. The fourth-order valence-corrected chi connectivity index (χ4v) is 2.04. The van der Waals surface area contributed by atoms with Gasteiger partial charge >= 0.3 is 0 Å². The smallest absolute Gasteiger partial charge is 0.0341 e. The van der Waals surface area contributed by atoms with Gasteiger partial charge in [-0.1, -0.05) is 13.0 Å². The number of anilines is 1. The van der Waals surface area contributed by atoms with Gasteiger partial charge in [0.05, 0.1) is 0 Å². The number of hydrogen-bond acceptors (Lipinski definition) is 2. The van der Waals surface area contributed by atoms with E-state index < -0.39 is 0 Å². The van der Waals surface area contributed by atoms with Crippen molar-refractivity contribution < 1.29 is 0 Å². The summed E-state index contributed by atoms with van der Waals surface area (Å²) in [5, 5.41) is 3.19. The van der Waals surface area contributed by atoms with Crippen molar-refractivity contribution in [3.8, 4) is 0 Å². The zero-order chi connectivity index (χ0) is 9.97. The van der Waals surface area contributed by atoms with Gasteiger partial charge in [-0.2, -0.15) is 0 Å². The lowest BCUT2D eigenvalue weighted by Crippen LogP contribution is -2.30. The van der Waals surface area contributed by atoms with Gasteiger partial charge in [-0.25, -0.2) is 0 Å². The molecule has 1 aromatic carbocycles. The van der Waals surface area contributed by atoms with E-state index in [1.165, 1.54) is 29.8 Å². The molecule has 0 fully saturated rings. The molecule has 0 saturated carbocycles. The highest BCUT2D eigenvalue weighted by Crippen LogP contribution is 2.21. The highest BCUT2D eigenvalue weighted by atomic mass is 15.1. The van der Waals surface area contributed by atoms with E-state index in [0.29, 0.717) is 0 Å². The molecule has 0 amide bonds. The van der Waals surface area contributed by atoms with E-state index in [-0.39, 0.29) is 0 Å². The molecule has 1 aliphatic heterocycles. The first-order valence-corrected chi connectivity index (χ1v) is 5.35. The van der Waals surface area contributed by atoms with Gasteiger partial charge in [0, 0.05) is 25.8 Å². The standard InChI is InChI=1S/C12H18N2/c1-3-14-7-6-10-4-5-12(13-2)8-11(10)9-14/h4-5,8,13H,3,6-7,9H2,1-2H3. The Hall–Kier alpha value is -1.02. The maximum absolute atomic E-state index is 3.19. The number of likely N-dealkylation sites (N-methyl/N-ethyl adjacent to an activating group) is 1. The summed E-state index contributed by atoms with van der Waals surface area (Å²) in [6.45, 7) is 5.71. The average Bonchev–Trinajstić information content (AvgIpc) is 2.27. The summed E-state index contributed by atoms with van der Waals surface area (Å²) < 4.78 is 0. The molecular formula is C12H18N2. The lowest BCUT2D eigenvalue weighted by molar-refractivity contribution is 0.268. The van der Waals surface area contributed by atoms with E-state index >= 15 is 0 Å². The minimum Gasteiger partial charge on any atom is -0.388 e. The van der Waals surface area contributed by atoms with E-state index in [1.807, 2.05) is 7.05 Å². The van der Waals surface area contributed by atoms with Gasteiger partial charge < -0.3 is 5.32 Å². The number of benzene rings is 1. The van der Waals surface area contributed by atoms with E-state index in [2.05, 4.69) is 35.3 Å². The molecule has 1 aromatic rings. The molecule has 0 saturated heterocycles. The van der Waals surface area contributed by atoms with Gasteiger partial charge in [-0.05, 0) is 36.2 Å². The number of nitrogens with zero attached hydrogens (tertiary/aromatic N) is 1. The Morgan fingerprint density at radius 3 is 2.93 bits per heavy atom. The van der Waals surface area contributed by atoms with Gasteiger partial charge in [0.25, 0.3) is 0 Å². The monoisotopic (exact) mass is 190 g/mol. The van der Waals surface area contributed by atoms with Crippen molar-refractivity contribution in [3.05, 3.63) is 29.3 Å². The third-order valence-corrected chi connectivity index (χ3v) is 3.03. The number of fused-ring (bicyclic) bond motifs is 1. The maximum Gasteiger partial charge on any atom is 0.0341 e. The van der Waals surface area contributed by atoms with Crippen LogP contribution in [0.15, 0.2) is 18.2 Å². The highest BCUT2D eigenvalue weighted by Gasteiger charge is 2.14. The second-order valence-corrected chi connectivity index (χ2v) is 3.85. The van der Waals surface area contributed by atoms with Crippen LogP contribution in [-0.2, 0) is 13.0 Å². The normalized spacial score (nSPS) is 16.4. The molecule has 0 aliphatic carbocycles. The highest BCUT2D eigenvalue weighted by molar-refractivity contribution is 5.48. The topological polar surface area (TPSA) is 15.3 Å². The largest absolute Gasteiger partial charge is 0.388 e. The van der Waals surface area contributed by atoms with Crippen molar-refractivity contribution in [2.24, 2.45) is 0 Å². The predicted octanol–water partition coefficient (Wildman–Crippen LogP) is 2.11. The van der Waals surface area contributed by atoms with Gasteiger partial charge in [0.1, 0.15) is 0 Å². The van der Waals surface area contributed by atoms with Crippen molar-refractivity contribution in [1.82, 2.24) is 4.90 Å². The summed E-state index contributed by atoms with van der Waals surface area (Å²) in [6, 6.07) is 6.70. The second-order valence-electron chi connectivity index (χ2n) is 3.85. The van der Waals surface area contributed by atoms with Crippen LogP contribution in [0.25, 0.3) is 0 Å². The average molecular weight is 190 g/mol. The zero-order valence-electron chi connectivity index (χ0n) is 9.01. The third-order valence-electron chi connectivity index (χ3n) is 3.03. The van der Waals surface area contributed by atoms with E-state index in [4.69, 9.17) is 0 Å². The van der Waals surface area contributed by atoms with Crippen LogP contribution >= 0.6 is 0 Å². The molecule has 0 bridgehead atoms. The van der Waals surface area contributed by atoms with E-state index in [9.17, 15) is 0 Å². The fourth-order valence-electron chi connectivity index (χ4n) is 2.04. The van der Waals surface area contributed by atoms with Gasteiger partial charge in [0.15, 0.2) is 0 Å². The molecule has 0 atom stereocenters. The van der Waals surface area contributed by atoms with Crippen LogP contribution in [0.1, 0.15) is 18.1 Å². The number of hydrogen-bond donors (Lipinski definition) is 1. The van der Waals surface area contributed by atoms with Crippen molar-refractivity contribution >= 4 is 5.69 Å². The molecule has 0 aromatic heterocycles. The van der Waals surface area contributed by atoms with Crippen molar-refractivity contribution in [2.75, 3.05) is 25.5 Å². The molecule has 76 valence electrons. The van der Waals surface area contributed by atoms with Crippen molar-refractivity contribution in [3.63, 3.8) is 0 Å². The molecule has 1 N–H and O–H groups in total. The molecule has 2 rings (SSSR count). The molecule has 0 spiro atoms. The summed E-state index contributed by atoms with van der Waals surface area (Å²) in [5.74, 6) is 0. The van der Waals surface area contributed by atoms with Crippen molar-refractivity contribution in [2.45, 2.75) is 19.9 Å². The van der Waals surface area contributed by atoms with Crippen LogP contribution in [-0.4, -0.2) is 25.0 Å². The summed E-state index contributed by atoms with van der Waals surface area (Å²) in [5.41, 5.74) is 4.24. The van der Waals surface area contributed by atoms with Crippen LogP contribution in [0.3, 0.4) is 0 Å². The zero-order valence-corrected chi connectivity index (χ0v) is 9.01. The minimum absolute atomic E-state index is 1.11. The first kappa shape index (κ1) is 9.53. The quantitative estimate of drug-likeness (QED) is 0.768. The minimum atomic E-state index is 1.11. The first-order chi connectivity index (χ1) is 6.83. The Bertz CT molecular complexity index is 320.